The van der Waals surface area contributed by atoms with Crippen LogP contribution in [0.5, 0.6) is 17.4 Å². The second-order valence-corrected chi connectivity index (χ2v) is 11.3. The maximum absolute atomic E-state index is 11.8. The topological polar surface area (TPSA) is 84.7 Å². The molecular formula is C25H30N3O5Si. The summed E-state index contributed by atoms with van der Waals surface area (Å²) in [6.07, 6.45) is 3.84. The summed E-state index contributed by atoms with van der Waals surface area (Å²) >= 11 is 0. The lowest BCUT2D eigenvalue weighted by atomic mass is 9.98. The van der Waals surface area contributed by atoms with Crippen LogP contribution < -0.4 is 9.47 Å². The Kier molecular flexibility index (Phi) is 7.97. The molecule has 3 heterocycles. The fourth-order valence-electron chi connectivity index (χ4n) is 3.73. The Morgan fingerprint density at radius 3 is 2.88 bits per heavy atom. The van der Waals surface area contributed by atoms with Crippen LogP contribution in [-0.4, -0.2) is 49.4 Å². The van der Waals surface area contributed by atoms with Gasteiger partial charge in [0.25, 0.3) is 0 Å². The van der Waals surface area contributed by atoms with Gasteiger partial charge in [-0.15, -0.1) is 0 Å². The highest BCUT2D eigenvalue weighted by Gasteiger charge is 2.27. The lowest BCUT2D eigenvalue weighted by Gasteiger charge is -2.10. The van der Waals surface area contributed by atoms with E-state index in [0.29, 0.717) is 38.0 Å². The number of hydrogen-bond donors (Lipinski definition) is 0. The predicted molar refractivity (Wildman–Crippen MR) is 130 cm³/mol. The molecule has 0 amide bonds. The van der Waals surface area contributed by atoms with E-state index in [2.05, 4.69) is 23.2 Å². The number of esters is 1. The Morgan fingerprint density at radius 1 is 1.24 bits per heavy atom. The molecule has 0 fully saturated rings. The molecule has 9 heteroatoms. The number of carbonyl (C=O) groups excluding carboxylic acids is 1. The third-order valence-corrected chi connectivity index (χ3v) is 6.72. The molecule has 0 bridgehead atoms. The molecule has 34 heavy (non-hydrogen) atoms. The first-order valence-corrected chi connectivity index (χ1v) is 14.2. The second-order valence-electron chi connectivity index (χ2n) is 8.41. The van der Waals surface area contributed by atoms with Gasteiger partial charge in [0.15, 0.2) is 0 Å². The molecule has 0 saturated heterocycles. The van der Waals surface area contributed by atoms with Gasteiger partial charge in [-0.3, -0.25) is 4.79 Å². The lowest BCUT2D eigenvalue weighted by molar-refractivity contribution is -0.143. The van der Waals surface area contributed by atoms with Crippen molar-refractivity contribution in [2.45, 2.75) is 45.1 Å². The maximum atomic E-state index is 11.8. The Balaban J connectivity index is 1.37. The van der Waals surface area contributed by atoms with Gasteiger partial charge >= 0.3 is 5.97 Å². The highest BCUT2D eigenvalue weighted by Crippen LogP contribution is 2.39. The van der Waals surface area contributed by atoms with E-state index in [1.54, 1.807) is 19.3 Å². The van der Waals surface area contributed by atoms with E-state index in [0.717, 1.165) is 35.2 Å². The lowest BCUT2D eigenvalue weighted by Crippen LogP contribution is -2.11. The number of ether oxygens (including phenoxy) is 4. The minimum Gasteiger partial charge on any atom is -0.492 e. The number of benzene rings is 1. The zero-order valence-electron chi connectivity index (χ0n) is 19.8. The molecule has 1 radical (unpaired) electrons. The molecule has 0 N–H and O–H groups in total. The zero-order valence-corrected chi connectivity index (χ0v) is 20.8. The van der Waals surface area contributed by atoms with Crippen LogP contribution in [0.1, 0.15) is 24.8 Å². The summed E-state index contributed by atoms with van der Waals surface area (Å²) in [5, 5.41) is 4.36. The highest BCUT2D eigenvalue weighted by molar-refractivity contribution is 6.55. The summed E-state index contributed by atoms with van der Waals surface area (Å²) in [6.45, 7) is 8.37. The van der Waals surface area contributed by atoms with E-state index >= 15 is 0 Å². The normalized spacial score (nSPS) is 14.6. The average molecular weight is 481 g/mol. The number of nitrogens with zero attached hydrogens (tertiary/aromatic N) is 3. The summed E-state index contributed by atoms with van der Waals surface area (Å²) in [4.78, 5) is 16.3. The molecule has 1 unspecified atom stereocenters. The van der Waals surface area contributed by atoms with Crippen molar-refractivity contribution in [3.63, 3.8) is 0 Å². The average Bonchev–Trinajstić information content (AvgIpc) is 3.44. The van der Waals surface area contributed by atoms with Crippen molar-refractivity contribution in [3.05, 3.63) is 54.4 Å². The number of fused-ring (bicyclic) bond motifs is 1. The fourth-order valence-corrected chi connectivity index (χ4v) is 4.28. The molecule has 179 valence electrons. The van der Waals surface area contributed by atoms with Crippen LogP contribution >= 0.6 is 0 Å². The summed E-state index contributed by atoms with van der Waals surface area (Å²) < 4.78 is 24.4. The van der Waals surface area contributed by atoms with Crippen LogP contribution in [0.4, 0.5) is 0 Å². The van der Waals surface area contributed by atoms with E-state index in [9.17, 15) is 4.79 Å². The van der Waals surface area contributed by atoms with Crippen LogP contribution in [0, 0.1) is 0 Å². The molecule has 2 aromatic heterocycles. The van der Waals surface area contributed by atoms with E-state index in [-0.39, 0.29) is 20.7 Å². The molecular weight excluding hydrogens is 450 g/mol. The molecule has 1 aliphatic heterocycles. The molecule has 0 spiro atoms. The summed E-state index contributed by atoms with van der Waals surface area (Å²) in [5.41, 5.74) is 2.87. The summed E-state index contributed by atoms with van der Waals surface area (Å²) in [6, 6.07) is 12.5. The van der Waals surface area contributed by atoms with Gasteiger partial charge in [0.05, 0.1) is 25.3 Å². The second kappa shape index (κ2) is 11.3. The van der Waals surface area contributed by atoms with Crippen LogP contribution in [0.2, 0.25) is 19.1 Å². The van der Waals surface area contributed by atoms with Crippen molar-refractivity contribution in [2.75, 3.05) is 19.8 Å². The minimum absolute atomic E-state index is 0.00114. The quantitative estimate of drug-likeness (QED) is 0.219. The van der Waals surface area contributed by atoms with Crippen molar-refractivity contribution in [2.24, 2.45) is 0 Å². The third kappa shape index (κ3) is 6.03. The van der Waals surface area contributed by atoms with Gasteiger partial charge in [-0.05, 0) is 31.2 Å². The molecule has 1 atom stereocenters. The minimum atomic E-state index is -0.285. The monoisotopic (exact) mass is 480 g/mol. The largest absolute Gasteiger partial charge is 0.492 e. The van der Waals surface area contributed by atoms with Crippen LogP contribution in [0.25, 0.3) is 11.3 Å². The van der Waals surface area contributed by atoms with Crippen molar-refractivity contribution < 1.29 is 23.7 Å². The van der Waals surface area contributed by atoms with Crippen LogP contribution in [-0.2, 0) is 21.0 Å². The molecule has 8 nitrogen and oxygen atoms in total. The number of pyridine rings is 1. The first kappa shape index (κ1) is 24.0. The van der Waals surface area contributed by atoms with Crippen molar-refractivity contribution in [1.82, 2.24) is 14.8 Å². The first-order valence-electron chi connectivity index (χ1n) is 11.5. The summed E-state index contributed by atoms with van der Waals surface area (Å²) in [7, 11) is -0.285. The van der Waals surface area contributed by atoms with Gasteiger partial charge in [-0.1, -0.05) is 19.2 Å². The Labute approximate surface area is 201 Å². The van der Waals surface area contributed by atoms with Gasteiger partial charge < -0.3 is 18.9 Å². The molecule has 4 rings (SSSR count). The van der Waals surface area contributed by atoms with Crippen molar-refractivity contribution in [1.29, 1.82) is 0 Å². The Morgan fingerprint density at radius 2 is 2.12 bits per heavy atom. The predicted octanol–water partition coefficient (Wildman–Crippen LogP) is 4.90. The standard InChI is InChI=1S/C25H30N3O5Si/c1-4-31-25(29)13-19-16-32-23-14-20(6-7-21(19)23)33-24-8-5-18(15-26-24)22-9-10-27-28(22)17-30-11-12-34(2)3/h5-10,14-15,19H,4,11-13,16-17H2,1-3H3. The first-order chi connectivity index (χ1) is 16.5. The van der Waals surface area contributed by atoms with Gasteiger partial charge in [-0.25, -0.2) is 9.67 Å². The third-order valence-electron chi connectivity index (χ3n) is 5.51. The van der Waals surface area contributed by atoms with Crippen molar-refractivity contribution in [3.8, 4) is 28.6 Å². The van der Waals surface area contributed by atoms with Gasteiger partial charge in [0, 0.05) is 57.0 Å². The van der Waals surface area contributed by atoms with E-state index < -0.39 is 0 Å². The van der Waals surface area contributed by atoms with Crippen LogP contribution in [0.15, 0.2) is 48.8 Å². The Hall–Kier alpha value is -3.17. The van der Waals surface area contributed by atoms with Crippen molar-refractivity contribution >= 4 is 14.8 Å². The molecule has 0 aliphatic carbocycles. The molecule has 1 aliphatic rings. The highest BCUT2D eigenvalue weighted by atomic mass is 28.3. The molecule has 3 aromatic rings. The molecule has 0 saturated carbocycles. The Bertz CT molecular complexity index is 1100. The van der Waals surface area contributed by atoms with Gasteiger partial charge in [-0.2, -0.15) is 5.10 Å². The van der Waals surface area contributed by atoms with Gasteiger partial charge in [0.2, 0.25) is 5.88 Å². The van der Waals surface area contributed by atoms with E-state index in [1.807, 2.05) is 41.1 Å². The number of aromatic nitrogens is 3. The fraction of sp³-hybridized carbons (Fsp3) is 0.400. The van der Waals surface area contributed by atoms with Gasteiger partial charge in [0.1, 0.15) is 18.2 Å². The molecule has 1 aromatic carbocycles. The van der Waals surface area contributed by atoms with E-state index in [1.165, 1.54) is 0 Å². The SMILES string of the molecule is CCOC(=O)CC1COc2cc(Oc3ccc(-c4ccnn4COCC[Si](C)C)cn3)ccc21. The maximum Gasteiger partial charge on any atom is 0.306 e. The number of hydrogen-bond acceptors (Lipinski definition) is 7. The zero-order chi connectivity index (χ0) is 23.9. The van der Waals surface area contributed by atoms with E-state index in [4.69, 9.17) is 18.9 Å². The number of rotatable bonds is 11. The van der Waals surface area contributed by atoms with Crippen LogP contribution in [0.3, 0.4) is 0 Å². The summed E-state index contributed by atoms with van der Waals surface area (Å²) in [5.74, 6) is 1.63. The smallest absolute Gasteiger partial charge is 0.306 e. The number of carbonyl (C=O) groups is 1.